The van der Waals surface area contributed by atoms with Gasteiger partial charge in [0.1, 0.15) is 12.2 Å². The van der Waals surface area contributed by atoms with E-state index in [1.54, 1.807) is 4.90 Å². The van der Waals surface area contributed by atoms with Crippen molar-refractivity contribution < 1.29 is 19.4 Å². The highest BCUT2D eigenvalue weighted by molar-refractivity contribution is 5.78. The third kappa shape index (κ3) is 3.10. The Bertz CT molecular complexity index is 371. The summed E-state index contributed by atoms with van der Waals surface area (Å²) in [5, 5.41) is 8.55. The van der Waals surface area contributed by atoms with Crippen LogP contribution >= 0.6 is 0 Å². The lowest BCUT2D eigenvalue weighted by atomic mass is 9.94. The van der Waals surface area contributed by atoms with E-state index in [4.69, 9.17) is 9.84 Å². The summed E-state index contributed by atoms with van der Waals surface area (Å²) in [4.78, 5) is 24.1. The molecule has 1 aliphatic heterocycles. The number of carboxylic acids is 1. The van der Waals surface area contributed by atoms with E-state index in [-0.39, 0.29) is 12.5 Å². The van der Waals surface area contributed by atoms with E-state index >= 15 is 0 Å². The zero-order valence-corrected chi connectivity index (χ0v) is 10.6. The summed E-state index contributed by atoms with van der Waals surface area (Å²) in [7, 11) is 0. The highest BCUT2D eigenvalue weighted by Crippen LogP contribution is 2.28. The molecule has 1 saturated heterocycles. The molecule has 0 aromatic heterocycles. The van der Waals surface area contributed by atoms with E-state index in [9.17, 15) is 9.59 Å². The van der Waals surface area contributed by atoms with Gasteiger partial charge in [0.05, 0.1) is 13.1 Å². The molecule has 0 aromatic carbocycles. The molecule has 1 atom stereocenters. The number of allylic oxidation sites excluding steroid dienone is 2. The molecule has 5 nitrogen and oxygen atoms in total. The van der Waals surface area contributed by atoms with Crippen molar-refractivity contribution in [1.29, 1.82) is 0 Å². The number of rotatable bonds is 5. The van der Waals surface area contributed by atoms with Crippen molar-refractivity contribution in [2.24, 2.45) is 5.92 Å². The van der Waals surface area contributed by atoms with Gasteiger partial charge in [-0.25, -0.2) is 4.79 Å². The Balaban J connectivity index is 1.72. The van der Waals surface area contributed by atoms with Gasteiger partial charge in [-0.05, 0) is 25.7 Å². The first-order valence-electron chi connectivity index (χ1n) is 6.29. The minimum atomic E-state index is -0.975. The van der Waals surface area contributed by atoms with Crippen molar-refractivity contribution in [1.82, 2.24) is 4.90 Å². The third-order valence-electron chi connectivity index (χ3n) is 3.50. The first kappa shape index (κ1) is 13.1. The van der Waals surface area contributed by atoms with Crippen molar-refractivity contribution in [2.75, 3.05) is 19.7 Å². The molecule has 100 valence electrons. The number of aliphatic carboxylic acids is 1. The van der Waals surface area contributed by atoms with Crippen LogP contribution in [0.5, 0.6) is 0 Å². The largest absolute Gasteiger partial charge is 0.480 e. The number of carbonyl (C=O) groups is 2. The molecule has 2 aliphatic rings. The number of carboxylic acid groups (broad SMARTS) is 1. The van der Waals surface area contributed by atoms with Crippen molar-refractivity contribution in [2.45, 2.75) is 31.8 Å². The normalized spacial score (nSPS) is 24.9. The van der Waals surface area contributed by atoms with Crippen molar-refractivity contribution in [3.63, 3.8) is 0 Å². The second-order valence-electron chi connectivity index (χ2n) is 5.35. The number of amides is 1. The van der Waals surface area contributed by atoms with Crippen LogP contribution < -0.4 is 0 Å². The van der Waals surface area contributed by atoms with Gasteiger partial charge in [0, 0.05) is 6.42 Å². The Morgan fingerprint density at radius 2 is 2.22 bits per heavy atom. The molecular weight excluding hydrogens is 234 g/mol. The molecule has 0 bridgehead atoms. The molecule has 1 heterocycles. The number of nitrogens with zero attached hydrogens (tertiary/aromatic N) is 1. The first-order chi connectivity index (χ1) is 8.48. The molecule has 1 N–H and O–H groups in total. The second kappa shape index (κ2) is 5.10. The van der Waals surface area contributed by atoms with Crippen molar-refractivity contribution in [3.8, 4) is 0 Å². The molecule has 1 amide bonds. The average molecular weight is 253 g/mol. The minimum absolute atomic E-state index is 0.142. The molecule has 2 rings (SSSR count). The highest BCUT2D eigenvalue weighted by atomic mass is 16.5. The Hall–Kier alpha value is -1.36. The summed E-state index contributed by atoms with van der Waals surface area (Å²) in [5.41, 5.74) is -0.487. The second-order valence-corrected chi connectivity index (χ2v) is 5.35. The fraction of sp³-hybridized carbons (Fsp3) is 0.692. The molecule has 0 radical (unpaired) electrons. The number of likely N-dealkylation sites (tertiary alicyclic amines) is 1. The molecule has 1 aliphatic carbocycles. The summed E-state index contributed by atoms with van der Waals surface area (Å²) < 4.78 is 5.27. The summed E-state index contributed by atoms with van der Waals surface area (Å²) in [6.07, 6.45) is 6.92. The number of carbonyl (C=O) groups excluding carboxylic acids is 1. The quantitative estimate of drug-likeness (QED) is 0.743. The smallest absolute Gasteiger partial charge is 0.329 e. The number of hydrogen-bond acceptors (Lipinski definition) is 3. The fourth-order valence-electron chi connectivity index (χ4n) is 2.48. The fourth-order valence-corrected chi connectivity index (χ4v) is 2.48. The van der Waals surface area contributed by atoms with Crippen LogP contribution in [0.2, 0.25) is 0 Å². The number of ether oxygens (including phenoxy) is 1. The molecule has 0 spiro atoms. The maximum Gasteiger partial charge on any atom is 0.329 e. The van der Waals surface area contributed by atoms with Crippen LogP contribution in [0, 0.1) is 5.92 Å². The average Bonchev–Trinajstić information content (AvgIpc) is 2.75. The monoisotopic (exact) mass is 253 g/mol. The standard InChI is InChI=1S/C13H19NO4/c1-13(18-7-12(16)17)8-14(9-13)11(15)6-10-4-2-3-5-10/h2,4,10H,3,5-9H2,1H3,(H,16,17). The lowest BCUT2D eigenvalue weighted by Gasteiger charge is -2.47. The van der Waals surface area contributed by atoms with Gasteiger partial charge in [-0.15, -0.1) is 0 Å². The molecule has 18 heavy (non-hydrogen) atoms. The van der Waals surface area contributed by atoms with Crippen LogP contribution in [0.4, 0.5) is 0 Å². The zero-order chi connectivity index (χ0) is 13.2. The summed E-state index contributed by atoms with van der Waals surface area (Å²) in [6, 6.07) is 0. The van der Waals surface area contributed by atoms with Crippen LogP contribution in [0.15, 0.2) is 12.2 Å². The van der Waals surface area contributed by atoms with E-state index in [2.05, 4.69) is 12.2 Å². The lowest BCUT2D eigenvalue weighted by Crippen LogP contribution is -2.63. The Kier molecular flexibility index (Phi) is 3.71. The Morgan fingerprint density at radius 3 is 2.78 bits per heavy atom. The maximum absolute atomic E-state index is 11.9. The van der Waals surface area contributed by atoms with Gasteiger partial charge in [-0.1, -0.05) is 12.2 Å². The summed E-state index contributed by atoms with van der Waals surface area (Å²) in [5.74, 6) is -0.454. The van der Waals surface area contributed by atoms with E-state index < -0.39 is 11.6 Å². The van der Waals surface area contributed by atoms with Gasteiger partial charge in [0.25, 0.3) is 0 Å². The van der Waals surface area contributed by atoms with Gasteiger partial charge in [-0.2, -0.15) is 0 Å². The predicted molar refractivity (Wildman–Crippen MR) is 65.1 cm³/mol. The molecule has 0 saturated carbocycles. The zero-order valence-electron chi connectivity index (χ0n) is 10.6. The minimum Gasteiger partial charge on any atom is -0.480 e. The first-order valence-corrected chi connectivity index (χ1v) is 6.29. The lowest BCUT2D eigenvalue weighted by molar-refractivity contribution is -0.173. The van der Waals surface area contributed by atoms with Crippen molar-refractivity contribution in [3.05, 3.63) is 12.2 Å². The van der Waals surface area contributed by atoms with Crippen LogP contribution in [0.3, 0.4) is 0 Å². The van der Waals surface area contributed by atoms with Crippen LogP contribution in [0.25, 0.3) is 0 Å². The summed E-state index contributed by atoms with van der Waals surface area (Å²) in [6.45, 7) is 2.53. The van der Waals surface area contributed by atoms with Crippen LogP contribution in [-0.4, -0.2) is 47.2 Å². The van der Waals surface area contributed by atoms with E-state index in [0.717, 1.165) is 12.8 Å². The van der Waals surface area contributed by atoms with Gasteiger partial charge >= 0.3 is 5.97 Å². The van der Waals surface area contributed by atoms with E-state index in [1.165, 1.54) is 0 Å². The Labute approximate surface area is 106 Å². The molecular formula is C13H19NO4. The van der Waals surface area contributed by atoms with Crippen LogP contribution in [0.1, 0.15) is 26.2 Å². The van der Waals surface area contributed by atoms with Gasteiger partial charge < -0.3 is 14.7 Å². The molecule has 1 unspecified atom stereocenters. The van der Waals surface area contributed by atoms with E-state index in [1.807, 2.05) is 6.92 Å². The maximum atomic E-state index is 11.9. The predicted octanol–water partition coefficient (Wildman–Crippen LogP) is 1.04. The number of hydrogen-bond donors (Lipinski definition) is 1. The van der Waals surface area contributed by atoms with Crippen molar-refractivity contribution >= 4 is 11.9 Å². The SMILES string of the molecule is CC1(OCC(=O)O)CN(C(=O)CC2C=CCC2)C1. The van der Waals surface area contributed by atoms with Crippen LogP contribution in [-0.2, 0) is 14.3 Å². The van der Waals surface area contributed by atoms with Gasteiger partial charge in [0.15, 0.2) is 0 Å². The van der Waals surface area contributed by atoms with Gasteiger partial charge in [0.2, 0.25) is 5.91 Å². The molecule has 5 heteroatoms. The molecule has 1 fully saturated rings. The van der Waals surface area contributed by atoms with Gasteiger partial charge in [-0.3, -0.25) is 4.79 Å². The highest BCUT2D eigenvalue weighted by Gasteiger charge is 2.42. The Morgan fingerprint density at radius 1 is 1.50 bits per heavy atom. The molecule has 0 aromatic rings. The van der Waals surface area contributed by atoms with E-state index in [0.29, 0.717) is 25.4 Å². The third-order valence-corrected chi connectivity index (χ3v) is 3.50. The summed E-state index contributed by atoms with van der Waals surface area (Å²) >= 11 is 0. The topological polar surface area (TPSA) is 66.8 Å².